The fourth-order valence-corrected chi connectivity index (χ4v) is 2.97. The molecule has 0 saturated carbocycles. The summed E-state index contributed by atoms with van der Waals surface area (Å²) in [5.41, 5.74) is 2.47. The molecular formula is C19H23N3O. The van der Waals surface area contributed by atoms with E-state index >= 15 is 0 Å². The number of anilines is 2. The Kier molecular flexibility index (Phi) is 4.91. The van der Waals surface area contributed by atoms with E-state index in [1.54, 1.807) is 11.9 Å². The summed E-state index contributed by atoms with van der Waals surface area (Å²) < 4.78 is 0. The van der Waals surface area contributed by atoms with Gasteiger partial charge in [-0.2, -0.15) is 0 Å². The van der Waals surface area contributed by atoms with Gasteiger partial charge in [0.05, 0.1) is 11.9 Å². The molecule has 0 N–H and O–H groups in total. The number of rotatable bonds is 3. The molecular weight excluding hydrogens is 286 g/mol. The molecule has 1 amide bonds. The summed E-state index contributed by atoms with van der Waals surface area (Å²) >= 11 is 0. The van der Waals surface area contributed by atoms with Crippen molar-refractivity contribution in [1.82, 2.24) is 4.98 Å². The number of pyridine rings is 1. The van der Waals surface area contributed by atoms with Crippen LogP contribution in [0.5, 0.6) is 0 Å². The minimum atomic E-state index is -0.0846. The van der Waals surface area contributed by atoms with Crippen LogP contribution in [0.2, 0.25) is 0 Å². The number of aromatic nitrogens is 1. The number of carbonyl (C=O) groups is 1. The Hall–Kier alpha value is -2.36. The fourth-order valence-electron chi connectivity index (χ4n) is 2.97. The van der Waals surface area contributed by atoms with Crippen LogP contribution in [0.4, 0.5) is 11.4 Å². The largest absolute Gasteiger partial charge is 0.370 e. The van der Waals surface area contributed by atoms with E-state index < -0.39 is 0 Å². The van der Waals surface area contributed by atoms with Crippen LogP contribution in [-0.2, 0) is 0 Å². The van der Waals surface area contributed by atoms with Crippen LogP contribution in [-0.4, -0.2) is 31.0 Å². The molecule has 0 spiro atoms. The summed E-state index contributed by atoms with van der Waals surface area (Å²) in [5.74, 6) is -0.0846. The van der Waals surface area contributed by atoms with E-state index in [1.807, 2.05) is 48.7 Å². The van der Waals surface area contributed by atoms with Gasteiger partial charge in [0.25, 0.3) is 5.91 Å². The zero-order valence-corrected chi connectivity index (χ0v) is 13.6. The highest BCUT2D eigenvalue weighted by atomic mass is 16.2. The molecule has 4 heteroatoms. The lowest BCUT2D eigenvalue weighted by atomic mass is 10.2. The molecule has 23 heavy (non-hydrogen) atoms. The lowest BCUT2D eigenvalue weighted by Gasteiger charge is -2.22. The van der Waals surface area contributed by atoms with Crippen LogP contribution in [0.3, 0.4) is 0 Å². The number of para-hydroxylation sites is 1. The van der Waals surface area contributed by atoms with Crippen molar-refractivity contribution in [2.24, 2.45) is 0 Å². The smallest absolute Gasteiger partial charge is 0.276 e. The summed E-state index contributed by atoms with van der Waals surface area (Å²) in [7, 11) is 1.78. The van der Waals surface area contributed by atoms with Gasteiger partial charge >= 0.3 is 0 Å². The lowest BCUT2D eigenvalue weighted by molar-refractivity contribution is 0.0988. The molecule has 1 aromatic heterocycles. The van der Waals surface area contributed by atoms with Crippen molar-refractivity contribution in [3.05, 3.63) is 54.4 Å². The predicted octanol–water partition coefficient (Wildman–Crippen LogP) is 3.74. The van der Waals surface area contributed by atoms with Gasteiger partial charge in [0.2, 0.25) is 0 Å². The maximum absolute atomic E-state index is 12.5. The Balaban J connectivity index is 1.72. The molecule has 1 fully saturated rings. The molecule has 4 nitrogen and oxygen atoms in total. The number of hydrogen-bond donors (Lipinski definition) is 0. The maximum atomic E-state index is 12.5. The third-order valence-electron chi connectivity index (χ3n) is 4.39. The zero-order chi connectivity index (χ0) is 16.1. The van der Waals surface area contributed by atoms with Crippen LogP contribution in [0, 0.1) is 0 Å². The minimum Gasteiger partial charge on any atom is -0.370 e. The average Bonchev–Trinajstić information content (AvgIpc) is 2.91. The standard InChI is InChI=1S/C19H23N3O/c1-21(16-9-5-4-6-10-16)19(23)18-12-11-17(15-20-18)22-13-7-2-3-8-14-22/h4-6,9-12,15H,2-3,7-8,13-14H2,1H3. The van der Waals surface area contributed by atoms with Crippen molar-refractivity contribution in [1.29, 1.82) is 0 Å². The predicted molar refractivity (Wildman–Crippen MR) is 94.1 cm³/mol. The highest BCUT2D eigenvalue weighted by molar-refractivity contribution is 6.04. The first-order valence-corrected chi connectivity index (χ1v) is 8.30. The van der Waals surface area contributed by atoms with Crippen LogP contribution in [0.15, 0.2) is 48.7 Å². The number of carbonyl (C=O) groups excluding carboxylic acids is 1. The maximum Gasteiger partial charge on any atom is 0.276 e. The second-order valence-electron chi connectivity index (χ2n) is 6.00. The topological polar surface area (TPSA) is 36.4 Å². The SMILES string of the molecule is CN(C(=O)c1ccc(N2CCCCCC2)cn1)c1ccccc1. The molecule has 120 valence electrons. The van der Waals surface area contributed by atoms with Gasteiger partial charge in [-0.05, 0) is 37.1 Å². The van der Waals surface area contributed by atoms with Crippen LogP contribution in [0.1, 0.15) is 36.2 Å². The normalized spacial score (nSPS) is 15.1. The second kappa shape index (κ2) is 7.27. The van der Waals surface area contributed by atoms with E-state index in [2.05, 4.69) is 9.88 Å². The van der Waals surface area contributed by atoms with E-state index in [4.69, 9.17) is 0 Å². The Morgan fingerprint density at radius 3 is 2.30 bits per heavy atom. The molecule has 1 aliphatic heterocycles. The number of amides is 1. The summed E-state index contributed by atoms with van der Waals surface area (Å²) in [5, 5.41) is 0. The highest BCUT2D eigenvalue weighted by Gasteiger charge is 2.16. The van der Waals surface area contributed by atoms with E-state index in [0.717, 1.165) is 24.5 Å². The molecule has 0 bridgehead atoms. The molecule has 1 saturated heterocycles. The van der Waals surface area contributed by atoms with Crippen molar-refractivity contribution < 1.29 is 4.79 Å². The number of nitrogens with zero attached hydrogens (tertiary/aromatic N) is 3. The molecule has 0 radical (unpaired) electrons. The molecule has 0 aliphatic carbocycles. The van der Waals surface area contributed by atoms with Gasteiger partial charge in [0, 0.05) is 25.8 Å². The Bertz CT molecular complexity index is 631. The number of hydrogen-bond acceptors (Lipinski definition) is 3. The molecule has 2 aromatic rings. The third kappa shape index (κ3) is 3.70. The van der Waals surface area contributed by atoms with E-state index in [1.165, 1.54) is 25.7 Å². The van der Waals surface area contributed by atoms with Crippen molar-refractivity contribution in [3.63, 3.8) is 0 Å². The zero-order valence-electron chi connectivity index (χ0n) is 13.6. The van der Waals surface area contributed by atoms with Gasteiger partial charge < -0.3 is 9.80 Å². The number of benzene rings is 1. The second-order valence-corrected chi connectivity index (χ2v) is 6.00. The third-order valence-corrected chi connectivity index (χ3v) is 4.39. The average molecular weight is 309 g/mol. The van der Waals surface area contributed by atoms with E-state index in [0.29, 0.717) is 5.69 Å². The Morgan fingerprint density at radius 1 is 1.00 bits per heavy atom. The summed E-state index contributed by atoms with van der Waals surface area (Å²) in [4.78, 5) is 20.9. The first-order chi connectivity index (χ1) is 11.3. The summed E-state index contributed by atoms with van der Waals surface area (Å²) in [6, 6.07) is 13.5. The van der Waals surface area contributed by atoms with Crippen molar-refractivity contribution in [3.8, 4) is 0 Å². The van der Waals surface area contributed by atoms with Gasteiger partial charge in [0.1, 0.15) is 5.69 Å². The monoisotopic (exact) mass is 309 g/mol. The summed E-state index contributed by atoms with van der Waals surface area (Å²) in [6.07, 6.45) is 6.91. The van der Waals surface area contributed by atoms with Crippen LogP contribution in [0.25, 0.3) is 0 Å². The lowest BCUT2D eigenvalue weighted by Crippen LogP contribution is -2.27. The Labute approximate surface area is 137 Å². The van der Waals surface area contributed by atoms with Crippen molar-refractivity contribution in [2.45, 2.75) is 25.7 Å². The summed E-state index contributed by atoms with van der Waals surface area (Å²) in [6.45, 7) is 2.16. The molecule has 3 rings (SSSR count). The van der Waals surface area contributed by atoms with E-state index in [9.17, 15) is 4.79 Å². The van der Waals surface area contributed by atoms with Gasteiger partial charge in [0.15, 0.2) is 0 Å². The van der Waals surface area contributed by atoms with Gasteiger partial charge in [-0.15, -0.1) is 0 Å². The quantitative estimate of drug-likeness (QED) is 0.866. The van der Waals surface area contributed by atoms with E-state index in [-0.39, 0.29) is 5.91 Å². The molecule has 1 aliphatic rings. The van der Waals surface area contributed by atoms with Crippen LogP contribution < -0.4 is 9.80 Å². The van der Waals surface area contributed by atoms with Crippen molar-refractivity contribution >= 4 is 17.3 Å². The fraction of sp³-hybridized carbons (Fsp3) is 0.368. The Morgan fingerprint density at radius 2 is 1.70 bits per heavy atom. The first kappa shape index (κ1) is 15.5. The van der Waals surface area contributed by atoms with Crippen LogP contribution >= 0.6 is 0 Å². The minimum absolute atomic E-state index is 0.0846. The highest BCUT2D eigenvalue weighted by Crippen LogP contribution is 2.20. The molecule has 0 unspecified atom stereocenters. The van der Waals surface area contributed by atoms with Gasteiger partial charge in [-0.1, -0.05) is 31.0 Å². The molecule has 0 atom stereocenters. The van der Waals surface area contributed by atoms with Gasteiger partial charge in [-0.3, -0.25) is 4.79 Å². The molecule has 1 aromatic carbocycles. The van der Waals surface area contributed by atoms with Crippen molar-refractivity contribution in [2.75, 3.05) is 29.9 Å². The first-order valence-electron chi connectivity index (χ1n) is 8.30. The molecule has 2 heterocycles. The van der Waals surface area contributed by atoms with Gasteiger partial charge in [-0.25, -0.2) is 4.98 Å².